The van der Waals surface area contributed by atoms with E-state index in [2.05, 4.69) is 5.32 Å². The van der Waals surface area contributed by atoms with Crippen LogP contribution in [-0.2, 0) is 9.53 Å². The van der Waals surface area contributed by atoms with Gasteiger partial charge in [-0.3, -0.25) is 0 Å². The summed E-state index contributed by atoms with van der Waals surface area (Å²) >= 11 is 0. The summed E-state index contributed by atoms with van der Waals surface area (Å²) in [4.78, 5) is 11.6. The van der Waals surface area contributed by atoms with Crippen molar-refractivity contribution >= 4 is 11.7 Å². The minimum Gasteiger partial charge on any atom is -0.487 e. The standard InChI is InChI=1S/C16H20FNO3/c1-10-8-14(16(19)20-10)18-11-6-7-15(13(17)9-11)21-12-4-2-3-5-12/h6-7,9-10,12,14,18H,2-5,8H2,1H3/t10-,14-/m0/s1. The van der Waals surface area contributed by atoms with E-state index in [4.69, 9.17) is 9.47 Å². The molecule has 0 unspecified atom stereocenters. The highest BCUT2D eigenvalue weighted by Gasteiger charge is 2.31. The van der Waals surface area contributed by atoms with Crippen LogP contribution in [-0.4, -0.2) is 24.2 Å². The van der Waals surface area contributed by atoms with Crippen molar-refractivity contribution in [1.82, 2.24) is 0 Å². The summed E-state index contributed by atoms with van der Waals surface area (Å²) in [5.74, 6) is -0.393. The van der Waals surface area contributed by atoms with Gasteiger partial charge in [0.1, 0.15) is 12.1 Å². The molecule has 1 aromatic carbocycles. The minimum absolute atomic E-state index is 0.0928. The van der Waals surface area contributed by atoms with Crippen molar-refractivity contribution in [3.63, 3.8) is 0 Å². The molecule has 1 heterocycles. The van der Waals surface area contributed by atoms with Crippen LogP contribution < -0.4 is 10.1 Å². The molecule has 1 saturated carbocycles. The van der Waals surface area contributed by atoms with Crippen LogP contribution in [0.15, 0.2) is 18.2 Å². The lowest BCUT2D eigenvalue weighted by Gasteiger charge is -2.15. The summed E-state index contributed by atoms with van der Waals surface area (Å²) in [5, 5.41) is 3.01. The summed E-state index contributed by atoms with van der Waals surface area (Å²) in [5.41, 5.74) is 0.572. The summed E-state index contributed by atoms with van der Waals surface area (Å²) in [6, 6.07) is 4.34. The average Bonchev–Trinajstić information content (AvgIpc) is 3.03. The number of anilines is 1. The molecule has 3 rings (SSSR count). The van der Waals surface area contributed by atoms with Gasteiger partial charge in [0.2, 0.25) is 0 Å². The SMILES string of the molecule is C[C@H]1C[C@H](Nc2ccc(OC3CCCC3)c(F)c2)C(=O)O1. The summed E-state index contributed by atoms with van der Waals surface area (Å²) < 4.78 is 24.8. The van der Waals surface area contributed by atoms with E-state index in [1.165, 1.54) is 6.07 Å². The lowest BCUT2D eigenvalue weighted by Crippen LogP contribution is -2.24. The molecule has 0 spiro atoms. The highest BCUT2D eigenvalue weighted by Crippen LogP contribution is 2.28. The number of halogens is 1. The Balaban J connectivity index is 1.64. The number of ether oxygens (including phenoxy) is 2. The first kappa shape index (κ1) is 14.2. The van der Waals surface area contributed by atoms with Crippen molar-refractivity contribution < 1.29 is 18.7 Å². The van der Waals surface area contributed by atoms with Gasteiger partial charge in [-0.1, -0.05) is 0 Å². The van der Waals surface area contributed by atoms with Gasteiger partial charge in [-0.25, -0.2) is 9.18 Å². The number of cyclic esters (lactones) is 1. The molecule has 1 N–H and O–H groups in total. The molecule has 21 heavy (non-hydrogen) atoms. The van der Waals surface area contributed by atoms with Gasteiger partial charge in [0.15, 0.2) is 11.6 Å². The molecular formula is C16H20FNO3. The van der Waals surface area contributed by atoms with Crippen molar-refractivity contribution in [2.24, 2.45) is 0 Å². The Kier molecular flexibility index (Phi) is 3.99. The van der Waals surface area contributed by atoms with Crippen molar-refractivity contribution in [3.8, 4) is 5.75 Å². The van der Waals surface area contributed by atoms with E-state index >= 15 is 0 Å². The number of rotatable bonds is 4. The third-order valence-corrected chi connectivity index (χ3v) is 4.04. The average molecular weight is 293 g/mol. The molecule has 0 aromatic heterocycles. The van der Waals surface area contributed by atoms with E-state index in [1.54, 1.807) is 12.1 Å². The largest absolute Gasteiger partial charge is 0.487 e. The number of carbonyl (C=O) groups is 1. The Hall–Kier alpha value is -1.78. The third-order valence-electron chi connectivity index (χ3n) is 4.04. The van der Waals surface area contributed by atoms with Crippen LogP contribution in [0.3, 0.4) is 0 Å². The zero-order valence-electron chi connectivity index (χ0n) is 12.1. The van der Waals surface area contributed by atoms with Crippen LogP contribution in [0.5, 0.6) is 5.75 Å². The predicted molar refractivity (Wildman–Crippen MR) is 76.9 cm³/mol. The Morgan fingerprint density at radius 2 is 2.10 bits per heavy atom. The second-order valence-electron chi connectivity index (χ2n) is 5.85. The molecule has 5 heteroatoms. The number of benzene rings is 1. The number of hydrogen-bond donors (Lipinski definition) is 1. The molecule has 2 fully saturated rings. The van der Waals surface area contributed by atoms with Crippen molar-refractivity contribution in [2.75, 3.05) is 5.32 Å². The van der Waals surface area contributed by atoms with E-state index in [-0.39, 0.29) is 23.9 Å². The van der Waals surface area contributed by atoms with Gasteiger partial charge >= 0.3 is 5.97 Å². The minimum atomic E-state index is -0.402. The normalized spacial score (nSPS) is 25.9. The van der Waals surface area contributed by atoms with E-state index in [0.717, 1.165) is 25.7 Å². The number of nitrogens with one attached hydrogen (secondary N) is 1. The molecule has 1 aliphatic heterocycles. The van der Waals surface area contributed by atoms with Gasteiger partial charge in [0.05, 0.1) is 6.10 Å². The summed E-state index contributed by atoms with van der Waals surface area (Å²) in [7, 11) is 0. The first-order valence-corrected chi connectivity index (χ1v) is 7.55. The second-order valence-corrected chi connectivity index (χ2v) is 5.85. The van der Waals surface area contributed by atoms with Crippen LogP contribution in [0.1, 0.15) is 39.0 Å². The summed E-state index contributed by atoms with van der Waals surface area (Å²) in [6.45, 7) is 1.85. The zero-order chi connectivity index (χ0) is 14.8. The Bertz CT molecular complexity index is 528. The Morgan fingerprint density at radius 3 is 2.71 bits per heavy atom. The predicted octanol–water partition coefficient (Wildman–Crippen LogP) is 3.26. The molecule has 1 aliphatic carbocycles. The number of esters is 1. The molecule has 0 amide bonds. The zero-order valence-corrected chi connectivity index (χ0v) is 12.1. The Morgan fingerprint density at radius 1 is 1.33 bits per heavy atom. The molecule has 2 aliphatic rings. The molecule has 1 aromatic rings. The molecular weight excluding hydrogens is 273 g/mol. The van der Waals surface area contributed by atoms with Crippen molar-refractivity contribution in [3.05, 3.63) is 24.0 Å². The smallest absolute Gasteiger partial charge is 0.328 e. The van der Waals surface area contributed by atoms with Gasteiger partial charge in [0.25, 0.3) is 0 Å². The maximum absolute atomic E-state index is 14.1. The summed E-state index contributed by atoms with van der Waals surface area (Å²) in [6.07, 6.45) is 4.91. The molecule has 114 valence electrons. The number of hydrogen-bond acceptors (Lipinski definition) is 4. The quantitative estimate of drug-likeness (QED) is 0.866. The first-order valence-electron chi connectivity index (χ1n) is 7.55. The molecule has 2 atom stereocenters. The van der Waals surface area contributed by atoms with Crippen LogP contribution in [0, 0.1) is 5.82 Å². The fourth-order valence-corrected chi connectivity index (χ4v) is 2.95. The van der Waals surface area contributed by atoms with E-state index in [0.29, 0.717) is 12.1 Å². The fourth-order valence-electron chi connectivity index (χ4n) is 2.95. The van der Waals surface area contributed by atoms with Gasteiger partial charge in [-0.15, -0.1) is 0 Å². The second kappa shape index (κ2) is 5.92. The highest BCUT2D eigenvalue weighted by atomic mass is 19.1. The van der Waals surface area contributed by atoms with Gasteiger partial charge in [0, 0.05) is 18.2 Å². The maximum atomic E-state index is 14.1. The van der Waals surface area contributed by atoms with Crippen LogP contribution in [0.2, 0.25) is 0 Å². The van der Waals surface area contributed by atoms with Crippen molar-refractivity contribution in [2.45, 2.75) is 57.3 Å². The van der Waals surface area contributed by atoms with E-state index in [1.807, 2.05) is 6.92 Å². The molecule has 4 nitrogen and oxygen atoms in total. The van der Waals surface area contributed by atoms with Gasteiger partial charge in [-0.2, -0.15) is 0 Å². The highest BCUT2D eigenvalue weighted by molar-refractivity contribution is 5.81. The van der Waals surface area contributed by atoms with E-state index < -0.39 is 11.9 Å². The van der Waals surface area contributed by atoms with Crippen molar-refractivity contribution in [1.29, 1.82) is 0 Å². The maximum Gasteiger partial charge on any atom is 0.328 e. The van der Waals surface area contributed by atoms with Crippen LogP contribution in [0.4, 0.5) is 10.1 Å². The first-order chi connectivity index (χ1) is 10.1. The van der Waals surface area contributed by atoms with Crippen LogP contribution in [0.25, 0.3) is 0 Å². The van der Waals surface area contributed by atoms with Gasteiger partial charge in [-0.05, 0) is 44.7 Å². The molecule has 0 radical (unpaired) electrons. The number of carbonyl (C=O) groups excluding carboxylic acids is 1. The monoisotopic (exact) mass is 293 g/mol. The fraction of sp³-hybridized carbons (Fsp3) is 0.562. The lowest BCUT2D eigenvalue weighted by molar-refractivity contribution is -0.141. The topological polar surface area (TPSA) is 47.6 Å². The molecule has 0 bridgehead atoms. The van der Waals surface area contributed by atoms with Gasteiger partial charge < -0.3 is 14.8 Å². The van der Waals surface area contributed by atoms with E-state index in [9.17, 15) is 9.18 Å². The molecule has 1 saturated heterocycles. The van der Waals surface area contributed by atoms with Crippen LogP contribution >= 0.6 is 0 Å². The Labute approximate surface area is 123 Å². The third kappa shape index (κ3) is 3.28. The lowest BCUT2D eigenvalue weighted by atomic mass is 10.1.